The van der Waals surface area contributed by atoms with Crippen LogP contribution in [0.1, 0.15) is 71.5 Å². The zero-order chi connectivity index (χ0) is 20.6. The van der Waals surface area contributed by atoms with E-state index in [0.29, 0.717) is 17.7 Å². The minimum absolute atomic E-state index is 0.0714. The lowest BCUT2D eigenvalue weighted by Gasteiger charge is -2.19. The Morgan fingerprint density at radius 1 is 1.18 bits per heavy atom. The number of aromatic nitrogens is 4. The number of ether oxygens (including phenoxy) is 1. The molecule has 0 aromatic carbocycles. The minimum atomic E-state index is -0.640. The highest BCUT2D eigenvalue weighted by Gasteiger charge is 2.29. The Morgan fingerprint density at radius 2 is 1.82 bits per heavy atom. The second kappa shape index (κ2) is 7.56. The van der Waals surface area contributed by atoms with Gasteiger partial charge in [-0.2, -0.15) is 0 Å². The lowest BCUT2D eigenvalue weighted by molar-refractivity contribution is -0.156. The van der Waals surface area contributed by atoms with Crippen LogP contribution in [0.3, 0.4) is 0 Å². The van der Waals surface area contributed by atoms with E-state index in [1.165, 1.54) is 7.05 Å². The average molecular weight is 390 g/mol. The maximum atomic E-state index is 12.9. The van der Waals surface area contributed by atoms with Crippen molar-refractivity contribution in [1.29, 1.82) is 0 Å². The van der Waals surface area contributed by atoms with Crippen molar-refractivity contribution in [2.75, 3.05) is 0 Å². The summed E-state index contributed by atoms with van der Waals surface area (Å²) in [6.07, 6.45) is 4.92. The smallest absolute Gasteiger partial charge is 0.332 e. The molecule has 0 radical (unpaired) electrons. The summed E-state index contributed by atoms with van der Waals surface area (Å²) in [4.78, 5) is 42.6. The molecule has 0 spiro atoms. The Morgan fingerprint density at radius 3 is 2.39 bits per heavy atom. The van der Waals surface area contributed by atoms with Crippen molar-refractivity contribution in [3.63, 3.8) is 0 Å². The first kappa shape index (κ1) is 20.4. The van der Waals surface area contributed by atoms with E-state index < -0.39 is 11.0 Å². The van der Waals surface area contributed by atoms with Gasteiger partial charge in [-0.1, -0.05) is 19.8 Å². The zero-order valence-electron chi connectivity index (χ0n) is 17.4. The van der Waals surface area contributed by atoms with E-state index in [4.69, 9.17) is 9.72 Å². The van der Waals surface area contributed by atoms with Crippen LogP contribution in [0.5, 0.6) is 0 Å². The van der Waals surface area contributed by atoms with Crippen LogP contribution in [0.25, 0.3) is 11.2 Å². The van der Waals surface area contributed by atoms with Crippen LogP contribution in [0, 0.1) is 5.41 Å². The Hall–Kier alpha value is -2.38. The van der Waals surface area contributed by atoms with Crippen molar-refractivity contribution in [1.82, 2.24) is 18.7 Å². The molecule has 0 atom stereocenters. The molecule has 1 fully saturated rings. The summed E-state index contributed by atoms with van der Waals surface area (Å²) in [5.41, 5.74) is -0.688. The molecule has 2 aromatic rings. The number of aryl methyl sites for hydroxylation is 1. The predicted molar refractivity (Wildman–Crippen MR) is 106 cm³/mol. The maximum Gasteiger partial charge on any atom is 0.332 e. The van der Waals surface area contributed by atoms with E-state index in [9.17, 15) is 14.4 Å². The summed E-state index contributed by atoms with van der Waals surface area (Å²) in [6.45, 7) is 7.75. The third-order valence-electron chi connectivity index (χ3n) is 5.36. The molecule has 0 unspecified atom stereocenters. The Labute approximate surface area is 164 Å². The van der Waals surface area contributed by atoms with Gasteiger partial charge in [0.05, 0.1) is 5.41 Å². The Kier molecular flexibility index (Phi) is 5.50. The number of carbonyl (C=O) groups is 1. The fourth-order valence-corrected chi connectivity index (χ4v) is 3.76. The summed E-state index contributed by atoms with van der Waals surface area (Å²) < 4.78 is 9.91. The summed E-state index contributed by atoms with van der Waals surface area (Å²) in [5.74, 6) is 0.600. The van der Waals surface area contributed by atoms with Crippen LogP contribution in [0.2, 0.25) is 0 Å². The number of nitrogens with zero attached hydrogens (tertiary/aromatic N) is 4. The summed E-state index contributed by atoms with van der Waals surface area (Å²) >= 11 is 0. The van der Waals surface area contributed by atoms with Gasteiger partial charge in [-0.3, -0.25) is 23.3 Å². The van der Waals surface area contributed by atoms with Gasteiger partial charge in [-0.25, -0.2) is 9.78 Å². The number of hydrogen-bond acceptors (Lipinski definition) is 5. The van der Waals surface area contributed by atoms with Gasteiger partial charge in [0.15, 0.2) is 17.9 Å². The SMILES string of the molecule is CCCn1c(=O)n(C)c(=O)c2c1nc(C1CCCC1)n2COC(=O)C(C)(C)C. The molecule has 8 heteroatoms. The van der Waals surface area contributed by atoms with Gasteiger partial charge < -0.3 is 4.74 Å². The summed E-state index contributed by atoms with van der Waals surface area (Å²) in [5, 5.41) is 0. The quantitative estimate of drug-likeness (QED) is 0.732. The zero-order valence-corrected chi connectivity index (χ0v) is 17.4. The highest BCUT2D eigenvalue weighted by atomic mass is 16.5. The van der Waals surface area contributed by atoms with Crippen molar-refractivity contribution in [3.05, 3.63) is 26.7 Å². The molecule has 0 amide bonds. The van der Waals surface area contributed by atoms with Crippen molar-refractivity contribution >= 4 is 17.1 Å². The first-order valence-electron chi connectivity index (χ1n) is 10.0. The van der Waals surface area contributed by atoms with E-state index in [1.807, 2.05) is 6.92 Å². The molecule has 0 aliphatic heterocycles. The van der Waals surface area contributed by atoms with E-state index in [-0.39, 0.29) is 24.3 Å². The Balaban J connectivity index is 2.20. The fourth-order valence-electron chi connectivity index (χ4n) is 3.76. The molecule has 1 aliphatic rings. The van der Waals surface area contributed by atoms with Gasteiger partial charge in [0.25, 0.3) is 5.56 Å². The van der Waals surface area contributed by atoms with Crippen molar-refractivity contribution < 1.29 is 9.53 Å². The molecule has 0 bridgehead atoms. The van der Waals surface area contributed by atoms with Crippen LogP contribution in [0.15, 0.2) is 9.59 Å². The second-order valence-electron chi connectivity index (χ2n) is 8.66. The van der Waals surface area contributed by atoms with Gasteiger partial charge in [0.1, 0.15) is 5.82 Å². The lowest BCUT2D eigenvalue weighted by atomic mass is 9.98. The topological polar surface area (TPSA) is 88.1 Å². The Bertz CT molecular complexity index is 1000. The van der Waals surface area contributed by atoms with Gasteiger partial charge in [0, 0.05) is 19.5 Å². The molecule has 3 rings (SSSR count). The van der Waals surface area contributed by atoms with Gasteiger partial charge >= 0.3 is 11.7 Å². The molecule has 8 nitrogen and oxygen atoms in total. The van der Waals surface area contributed by atoms with E-state index in [0.717, 1.165) is 42.5 Å². The molecule has 2 aromatic heterocycles. The van der Waals surface area contributed by atoms with Crippen LogP contribution in [0.4, 0.5) is 0 Å². The third kappa shape index (κ3) is 3.52. The molecule has 1 saturated carbocycles. The normalized spacial score (nSPS) is 15.5. The van der Waals surface area contributed by atoms with Gasteiger partial charge in [0.2, 0.25) is 0 Å². The lowest BCUT2D eigenvalue weighted by Crippen LogP contribution is -2.39. The molecule has 1 aliphatic carbocycles. The fraction of sp³-hybridized carbons (Fsp3) is 0.700. The van der Waals surface area contributed by atoms with E-state index in [1.54, 1.807) is 29.9 Å². The summed E-state index contributed by atoms with van der Waals surface area (Å²) in [6, 6.07) is 0. The number of hydrogen-bond donors (Lipinski definition) is 0. The molecule has 0 N–H and O–H groups in total. The average Bonchev–Trinajstić information content (AvgIpc) is 3.28. The van der Waals surface area contributed by atoms with E-state index in [2.05, 4.69) is 0 Å². The summed E-state index contributed by atoms with van der Waals surface area (Å²) in [7, 11) is 1.48. The van der Waals surface area contributed by atoms with Crippen LogP contribution < -0.4 is 11.2 Å². The van der Waals surface area contributed by atoms with Crippen molar-refractivity contribution in [2.24, 2.45) is 12.5 Å². The van der Waals surface area contributed by atoms with Crippen LogP contribution in [-0.2, 0) is 29.9 Å². The molecular formula is C20H30N4O4. The molecule has 28 heavy (non-hydrogen) atoms. The second-order valence-corrected chi connectivity index (χ2v) is 8.66. The number of carbonyl (C=O) groups excluding carboxylic acids is 1. The first-order chi connectivity index (χ1) is 13.2. The highest BCUT2D eigenvalue weighted by molar-refractivity contribution is 5.75. The van der Waals surface area contributed by atoms with Gasteiger partial charge in [-0.15, -0.1) is 0 Å². The molecule has 154 valence electrons. The minimum Gasteiger partial charge on any atom is -0.443 e. The standard InChI is InChI=1S/C20H30N4O4/c1-6-11-23-16-14(17(25)22(5)19(23)27)24(12-28-18(26)20(2,3)4)15(21-16)13-9-7-8-10-13/h13H,6-12H2,1-5H3. The monoisotopic (exact) mass is 390 g/mol. The van der Waals surface area contributed by atoms with Crippen molar-refractivity contribution in [2.45, 2.75) is 79.0 Å². The largest absolute Gasteiger partial charge is 0.443 e. The predicted octanol–water partition coefficient (Wildman–Crippen LogP) is 2.51. The molecule has 2 heterocycles. The number of imidazole rings is 1. The van der Waals surface area contributed by atoms with Crippen LogP contribution >= 0.6 is 0 Å². The third-order valence-corrected chi connectivity index (χ3v) is 5.36. The van der Waals surface area contributed by atoms with Gasteiger partial charge in [-0.05, 0) is 40.0 Å². The highest BCUT2D eigenvalue weighted by Crippen LogP contribution is 2.34. The van der Waals surface area contributed by atoms with Crippen molar-refractivity contribution in [3.8, 4) is 0 Å². The first-order valence-corrected chi connectivity index (χ1v) is 10.0. The number of rotatable bonds is 5. The molecule has 0 saturated heterocycles. The molecular weight excluding hydrogens is 360 g/mol. The number of esters is 1. The number of fused-ring (bicyclic) bond motifs is 1. The maximum absolute atomic E-state index is 12.9. The van der Waals surface area contributed by atoms with Crippen LogP contribution in [-0.4, -0.2) is 24.7 Å². The van der Waals surface area contributed by atoms with E-state index >= 15 is 0 Å².